The molecule has 1 rings (SSSR count). The normalized spacial score (nSPS) is 12.6. The van der Waals surface area contributed by atoms with Crippen molar-refractivity contribution in [3.05, 3.63) is 27.6 Å². The van der Waals surface area contributed by atoms with Gasteiger partial charge >= 0.3 is 0 Å². The summed E-state index contributed by atoms with van der Waals surface area (Å²) in [6.07, 6.45) is 1.92. The number of halogens is 1. The molecule has 0 saturated heterocycles. The summed E-state index contributed by atoms with van der Waals surface area (Å²) >= 11 is 5.58. The van der Waals surface area contributed by atoms with Crippen LogP contribution in [0.4, 0.5) is 0 Å². The molecular weight excluding hydrogens is 292 g/mol. The molecule has 1 aromatic rings. The minimum Gasteiger partial charge on any atom is -0.389 e. The monoisotopic (exact) mass is 308 g/mol. The Balaban J connectivity index is 2.93. The Hall–Kier alpha value is -0.890. The van der Waals surface area contributed by atoms with E-state index in [-0.39, 0.29) is 16.5 Å². The van der Waals surface area contributed by atoms with E-state index in [9.17, 15) is 18.3 Å². The molecule has 1 aromatic heterocycles. The molecule has 0 atom stereocenters. The Kier molecular flexibility index (Phi) is 5.14. The summed E-state index contributed by atoms with van der Waals surface area (Å²) in [5.41, 5.74) is -1.64. The third-order valence-electron chi connectivity index (χ3n) is 3.05. The second kappa shape index (κ2) is 6.04. The van der Waals surface area contributed by atoms with Gasteiger partial charge < -0.3 is 10.1 Å². The molecule has 0 aliphatic heterocycles. The zero-order valence-corrected chi connectivity index (χ0v) is 12.3. The van der Waals surface area contributed by atoms with Crippen LogP contribution in [0.15, 0.2) is 22.0 Å². The summed E-state index contributed by atoms with van der Waals surface area (Å²) in [7, 11) is -3.82. The van der Waals surface area contributed by atoms with E-state index >= 15 is 0 Å². The zero-order chi connectivity index (χ0) is 14.7. The number of aromatic nitrogens is 1. The molecule has 0 radical (unpaired) electrons. The molecule has 0 aromatic carbocycles. The summed E-state index contributed by atoms with van der Waals surface area (Å²) in [6.45, 7) is 3.45. The van der Waals surface area contributed by atoms with Gasteiger partial charge in [-0.2, -0.15) is 0 Å². The van der Waals surface area contributed by atoms with Gasteiger partial charge in [0.2, 0.25) is 10.0 Å². The van der Waals surface area contributed by atoms with Crippen LogP contribution in [0.5, 0.6) is 0 Å². The largest absolute Gasteiger partial charge is 0.389 e. The van der Waals surface area contributed by atoms with Crippen molar-refractivity contribution in [3.8, 4) is 0 Å². The van der Waals surface area contributed by atoms with Gasteiger partial charge in [-0.3, -0.25) is 4.79 Å². The van der Waals surface area contributed by atoms with Crippen molar-refractivity contribution in [1.29, 1.82) is 0 Å². The first-order valence-electron chi connectivity index (χ1n) is 5.84. The van der Waals surface area contributed by atoms with Gasteiger partial charge in [0.15, 0.2) is 0 Å². The van der Waals surface area contributed by atoms with Crippen LogP contribution in [0.25, 0.3) is 0 Å². The number of H-pyrrole nitrogens is 1. The average molecular weight is 309 g/mol. The van der Waals surface area contributed by atoms with Gasteiger partial charge in [0, 0.05) is 12.7 Å². The molecular formula is C11H17ClN2O4S. The smallest absolute Gasteiger partial charge is 0.266 e. The maximum atomic E-state index is 12.0. The lowest BCUT2D eigenvalue weighted by Gasteiger charge is -2.25. The summed E-state index contributed by atoms with van der Waals surface area (Å²) < 4.78 is 26.2. The number of hydrogen-bond donors (Lipinski definition) is 3. The Labute approximate surface area is 116 Å². The highest BCUT2D eigenvalue weighted by Gasteiger charge is 2.25. The van der Waals surface area contributed by atoms with Crippen LogP contribution in [0.1, 0.15) is 26.7 Å². The van der Waals surface area contributed by atoms with Crippen molar-refractivity contribution in [3.63, 3.8) is 0 Å². The van der Waals surface area contributed by atoms with Crippen LogP contribution in [0.2, 0.25) is 5.02 Å². The summed E-state index contributed by atoms with van der Waals surface area (Å²) in [5.74, 6) is 0. The Morgan fingerprint density at radius 1 is 1.42 bits per heavy atom. The lowest BCUT2D eigenvalue weighted by atomic mass is 9.98. The van der Waals surface area contributed by atoms with Crippen molar-refractivity contribution < 1.29 is 13.5 Å². The van der Waals surface area contributed by atoms with Crippen LogP contribution < -0.4 is 10.3 Å². The predicted molar refractivity (Wildman–Crippen MR) is 72.8 cm³/mol. The molecule has 0 fully saturated rings. The Morgan fingerprint density at radius 3 is 2.47 bits per heavy atom. The van der Waals surface area contributed by atoms with Crippen LogP contribution in [-0.2, 0) is 10.0 Å². The van der Waals surface area contributed by atoms with Crippen molar-refractivity contribution >= 4 is 21.6 Å². The van der Waals surface area contributed by atoms with Gasteiger partial charge in [0.1, 0.15) is 5.02 Å². The number of aliphatic hydroxyl groups is 1. The molecule has 19 heavy (non-hydrogen) atoms. The first-order chi connectivity index (χ1) is 8.74. The first kappa shape index (κ1) is 16.2. The maximum Gasteiger partial charge on any atom is 0.266 e. The van der Waals surface area contributed by atoms with Gasteiger partial charge in [-0.25, -0.2) is 13.1 Å². The standard InChI is InChI=1S/C11H17ClN2O4S/c1-3-11(16,4-2)7-14-19(17,18)8-5-9(12)10(15)13-6-8/h5-6,14,16H,3-4,7H2,1-2H3,(H,13,15). The van der Waals surface area contributed by atoms with E-state index in [2.05, 4.69) is 9.71 Å². The number of aromatic amines is 1. The first-order valence-corrected chi connectivity index (χ1v) is 7.70. The van der Waals surface area contributed by atoms with Crippen molar-refractivity contribution in [2.24, 2.45) is 0 Å². The predicted octanol–water partition coefficient (Wildman–Crippen LogP) is 0.858. The van der Waals surface area contributed by atoms with Crippen molar-refractivity contribution in [2.75, 3.05) is 6.54 Å². The van der Waals surface area contributed by atoms with E-state index in [0.29, 0.717) is 12.8 Å². The fourth-order valence-electron chi connectivity index (χ4n) is 1.41. The van der Waals surface area contributed by atoms with Crippen molar-refractivity contribution in [1.82, 2.24) is 9.71 Å². The fraction of sp³-hybridized carbons (Fsp3) is 0.545. The number of hydrogen-bond acceptors (Lipinski definition) is 4. The maximum absolute atomic E-state index is 12.0. The second-order valence-corrected chi connectivity index (χ2v) is 6.44. The Morgan fingerprint density at radius 2 is 2.00 bits per heavy atom. The van der Waals surface area contributed by atoms with Crippen LogP contribution >= 0.6 is 11.6 Å². The molecule has 6 nitrogen and oxygen atoms in total. The van der Waals surface area contributed by atoms with E-state index in [1.807, 2.05) is 0 Å². The van der Waals surface area contributed by atoms with E-state index in [1.165, 1.54) is 0 Å². The van der Waals surface area contributed by atoms with Gasteiger partial charge in [-0.05, 0) is 18.9 Å². The average Bonchev–Trinajstić information content (AvgIpc) is 2.39. The highest BCUT2D eigenvalue weighted by molar-refractivity contribution is 7.89. The van der Waals surface area contributed by atoms with Crippen LogP contribution in [-0.4, -0.2) is 30.7 Å². The molecule has 0 aliphatic rings. The second-order valence-electron chi connectivity index (χ2n) is 4.27. The number of nitrogens with one attached hydrogen (secondary N) is 2. The molecule has 0 bridgehead atoms. The minimum absolute atomic E-state index is 0.0981. The molecule has 8 heteroatoms. The summed E-state index contributed by atoms with van der Waals surface area (Å²) in [6, 6.07) is 1.07. The number of sulfonamides is 1. The number of pyridine rings is 1. The molecule has 1 heterocycles. The SMILES string of the molecule is CCC(O)(CC)CNS(=O)(=O)c1c[nH]c(=O)c(Cl)c1. The van der Waals surface area contributed by atoms with Crippen molar-refractivity contribution in [2.45, 2.75) is 37.2 Å². The molecule has 0 amide bonds. The topological polar surface area (TPSA) is 99.3 Å². The third-order valence-corrected chi connectivity index (χ3v) is 4.71. The Bertz CT molecular complexity index is 593. The van der Waals surface area contributed by atoms with Gasteiger partial charge in [-0.15, -0.1) is 0 Å². The van der Waals surface area contributed by atoms with E-state index in [0.717, 1.165) is 12.3 Å². The van der Waals surface area contributed by atoms with E-state index in [4.69, 9.17) is 11.6 Å². The van der Waals surface area contributed by atoms with Gasteiger partial charge in [0.25, 0.3) is 5.56 Å². The lowest BCUT2D eigenvalue weighted by Crippen LogP contribution is -2.42. The van der Waals surface area contributed by atoms with Crippen LogP contribution in [0.3, 0.4) is 0 Å². The molecule has 108 valence electrons. The molecule has 0 saturated carbocycles. The molecule has 0 aliphatic carbocycles. The fourth-order valence-corrected chi connectivity index (χ4v) is 2.75. The third kappa shape index (κ3) is 4.04. The molecule has 3 N–H and O–H groups in total. The number of rotatable bonds is 6. The minimum atomic E-state index is -3.82. The quantitative estimate of drug-likeness (QED) is 0.725. The van der Waals surface area contributed by atoms with Crippen LogP contribution in [0, 0.1) is 0 Å². The molecule has 0 unspecified atom stereocenters. The highest BCUT2D eigenvalue weighted by atomic mass is 35.5. The van der Waals surface area contributed by atoms with E-state index < -0.39 is 21.2 Å². The highest BCUT2D eigenvalue weighted by Crippen LogP contribution is 2.15. The molecule has 0 spiro atoms. The summed E-state index contributed by atoms with van der Waals surface area (Å²) in [4.78, 5) is 13.1. The summed E-state index contributed by atoms with van der Waals surface area (Å²) in [5, 5.41) is 9.82. The van der Waals surface area contributed by atoms with Gasteiger partial charge in [-0.1, -0.05) is 25.4 Å². The van der Waals surface area contributed by atoms with Gasteiger partial charge in [0.05, 0.1) is 10.5 Å². The zero-order valence-electron chi connectivity index (χ0n) is 10.7. The van der Waals surface area contributed by atoms with E-state index in [1.54, 1.807) is 13.8 Å². The lowest BCUT2D eigenvalue weighted by molar-refractivity contribution is 0.0377.